The van der Waals surface area contributed by atoms with Crippen molar-refractivity contribution in [3.8, 4) is 0 Å². The Morgan fingerprint density at radius 3 is 2.29 bits per heavy atom. The molecule has 198 valence electrons. The summed E-state index contributed by atoms with van der Waals surface area (Å²) in [7, 11) is -0.916. The second-order valence-electron chi connectivity index (χ2n) is 8.15. The van der Waals surface area contributed by atoms with E-state index in [1.807, 2.05) is 10.6 Å². The lowest BCUT2D eigenvalue weighted by Gasteiger charge is -2.22. The lowest BCUT2D eigenvalue weighted by molar-refractivity contribution is 0.0600. The molecule has 0 radical (unpaired) electrons. The maximum atomic E-state index is 13.2. The Hall–Kier alpha value is -3.80. The maximum Gasteiger partial charge on any atom is 0.337 e. The van der Waals surface area contributed by atoms with Gasteiger partial charge in [-0.15, -0.1) is 0 Å². The summed E-state index contributed by atoms with van der Waals surface area (Å²) in [5, 5.41) is 0. The molecule has 9 nitrogen and oxygen atoms in total. The minimum absolute atomic E-state index is 0.0760. The van der Waals surface area contributed by atoms with Crippen LogP contribution in [0.25, 0.3) is 10.2 Å². The summed E-state index contributed by atoms with van der Waals surface area (Å²) >= 11 is 1.26. The number of hydrogen-bond donors (Lipinski definition) is 0. The average molecular weight is 554 g/mol. The Bertz CT molecular complexity index is 1630. The maximum absolute atomic E-state index is 13.2. The molecule has 0 atom stereocenters. The largest absolute Gasteiger partial charge is 0.465 e. The number of sulfonamides is 1. The van der Waals surface area contributed by atoms with Crippen molar-refractivity contribution in [1.82, 2.24) is 4.57 Å². The van der Waals surface area contributed by atoms with Gasteiger partial charge in [-0.3, -0.25) is 9.10 Å². The molecule has 11 heteroatoms. The number of anilines is 1. The van der Waals surface area contributed by atoms with Gasteiger partial charge in [-0.05, 0) is 61.5 Å². The number of benzene rings is 3. The van der Waals surface area contributed by atoms with E-state index in [0.717, 1.165) is 10.2 Å². The van der Waals surface area contributed by atoms with E-state index in [0.29, 0.717) is 29.2 Å². The Labute approximate surface area is 224 Å². The van der Waals surface area contributed by atoms with Gasteiger partial charge in [-0.2, -0.15) is 4.99 Å². The molecule has 0 spiro atoms. The Balaban J connectivity index is 1.68. The van der Waals surface area contributed by atoms with Crippen LogP contribution in [0.2, 0.25) is 0 Å². The van der Waals surface area contributed by atoms with Crippen molar-refractivity contribution < 1.29 is 27.5 Å². The zero-order valence-electron chi connectivity index (χ0n) is 21.2. The number of para-hydroxylation sites is 1. The van der Waals surface area contributed by atoms with Crippen molar-refractivity contribution in [3.63, 3.8) is 0 Å². The number of thiazole rings is 1. The first-order chi connectivity index (χ1) is 18.3. The van der Waals surface area contributed by atoms with Crippen molar-refractivity contribution in [2.45, 2.75) is 18.4 Å². The van der Waals surface area contributed by atoms with E-state index in [1.165, 1.54) is 47.0 Å². The van der Waals surface area contributed by atoms with Crippen molar-refractivity contribution in [1.29, 1.82) is 0 Å². The van der Waals surface area contributed by atoms with Gasteiger partial charge in [0, 0.05) is 25.8 Å². The number of amides is 1. The zero-order chi connectivity index (χ0) is 27.3. The topological polar surface area (TPSA) is 107 Å². The number of nitrogens with zero attached hydrogens (tertiary/aromatic N) is 3. The number of fused-ring (bicyclic) bond motifs is 1. The molecule has 0 aliphatic rings. The molecule has 0 aliphatic carbocycles. The second kappa shape index (κ2) is 11.7. The summed E-state index contributed by atoms with van der Waals surface area (Å²) < 4.78 is 40.4. The van der Waals surface area contributed by atoms with Crippen LogP contribution >= 0.6 is 11.3 Å². The van der Waals surface area contributed by atoms with Crippen LogP contribution in [0.3, 0.4) is 0 Å². The molecule has 1 heterocycles. The quantitative estimate of drug-likeness (QED) is 0.289. The summed E-state index contributed by atoms with van der Waals surface area (Å²) in [5.41, 5.74) is 2.00. The lowest BCUT2D eigenvalue weighted by atomic mass is 10.2. The number of carbonyl (C=O) groups is 2. The Morgan fingerprint density at radius 1 is 0.974 bits per heavy atom. The third-order valence-corrected chi connectivity index (χ3v) is 8.80. The van der Waals surface area contributed by atoms with E-state index in [-0.39, 0.29) is 17.0 Å². The zero-order valence-corrected chi connectivity index (χ0v) is 22.8. The van der Waals surface area contributed by atoms with Crippen LogP contribution in [-0.4, -0.2) is 52.2 Å². The molecule has 0 bridgehead atoms. The molecular weight excluding hydrogens is 526 g/mol. The lowest BCUT2D eigenvalue weighted by Crippen LogP contribution is -2.30. The van der Waals surface area contributed by atoms with Crippen LogP contribution in [0.4, 0.5) is 5.69 Å². The first-order valence-electron chi connectivity index (χ1n) is 11.8. The van der Waals surface area contributed by atoms with Gasteiger partial charge in [-0.1, -0.05) is 29.5 Å². The van der Waals surface area contributed by atoms with Gasteiger partial charge in [0.2, 0.25) is 0 Å². The van der Waals surface area contributed by atoms with Gasteiger partial charge in [0.1, 0.15) is 0 Å². The number of hydrogen-bond acceptors (Lipinski definition) is 7. The summed E-state index contributed by atoms with van der Waals surface area (Å²) in [6.07, 6.45) is 0. The highest BCUT2D eigenvalue weighted by Gasteiger charge is 2.23. The van der Waals surface area contributed by atoms with E-state index in [9.17, 15) is 18.0 Å². The van der Waals surface area contributed by atoms with Crippen molar-refractivity contribution >= 4 is 49.1 Å². The van der Waals surface area contributed by atoms with Gasteiger partial charge in [0.25, 0.3) is 15.9 Å². The number of rotatable bonds is 9. The third-order valence-electron chi connectivity index (χ3n) is 5.84. The summed E-state index contributed by atoms with van der Waals surface area (Å²) in [5.74, 6) is -0.975. The van der Waals surface area contributed by atoms with Crippen molar-refractivity contribution in [2.24, 2.45) is 4.99 Å². The van der Waals surface area contributed by atoms with Crippen molar-refractivity contribution in [2.75, 3.05) is 31.7 Å². The van der Waals surface area contributed by atoms with E-state index in [4.69, 9.17) is 9.47 Å². The van der Waals surface area contributed by atoms with Gasteiger partial charge in [0.15, 0.2) is 4.80 Å². The minimum Gasteiger partial charge on any atom is -0.465 e. The monoisotopic (exact) mass is 553 g/mol. The standard InChI is InChI=1S/C27H27N3O6S2/c1-4-30(21-8-6-5-7-9-21)38(33,34)22-13-10-19(11-14-22)25(31)28-27-29(16-17-35-2)23-15-12-20(26(32)36-3)18-24(23)37-27/h5-15,18H,4,16-17H2,1-3H3. The van der Waals surface area contributed by atoms with Crippen LogP contribution in [-0.2, 0) is 26.0 Å². The number of ether oxygens (including phenoxy) is 2. The summed E-state index contributed by atoms with van der Waals surface area (Å²) in [6.45, 7) is 2.87. The highest BCUT2D eigenvalue weighted by molar-refractivity contribution is 7.92. The fourth-order valence-electron chi connectivity index (χ4n) is 3.94. The van der Waals surface area contributed by atoms with E-state index in [2.05, 4.69) is 4.99 Å². The molecule has 38 heavy (non-hydrogen) atoms. The van der Waals surface area contributed by atoms with Crippen LogP contribution in [0, 0.1) is 0 Å². The molecule has 0 fully saturated rings. The average Bonchev–Trinajstić information content (AvgIpc) is 3.28. The molecule has 4 aromatic rings. The molecule has 0 aliphatic heterocycles. The molecule has 4 rings (SSSR count). The number of aromatic nitrogens is 1. The fraction of sp³-hybridized carbons (Fsp3) is 0.222. The van der Waals surface area contributed by atoms with Crippen molar-refractivity contribution in [3.05, 3.63) is 88.7 Å². The fourth-order valence-corrected chi connectivity index (χ4v) is 6.50. The minimum atomic E-state index is -3.82. The number of carbonyl (C=O) groups excluding carboxylic acids is 2. The molecule has 0 saturated carbocycles. The van der Waals surface area contributed by atoms with E-state index in [1.54, 1.807) is 56.5 Å². The SMILES string of the molecule is CCN(c1ccccc1)S(=O)(=O)c1ccc(C(=O)N=c2sc3cc(C(=O)OC)ccc3n2CCOC)cc1. The predicted molar refractivity (Wildman–Crippen MR) is 146 cm³/mol. The van der Waals surface area contributed by atoms with Crippen LogP contribution < -0.4 is 9.11 Å². The van der Waals surface area contributed by atoms with E-state index < -0.39 is 21.9 Å². The Morgan fingerprint density at radius 2 is 1.66 bits per heavy atom. The summed E-state index contributed by atoms with van der Waals surface area (Å²) in [6, 6.07) is 19.7. The Kier molecular flexibility index (Phi) is 8.40. The molecule has 3 aromatic carbocycles. The highest BCUT2D eigenvalue weighted by Crippen LogP contribution is 2.24. The normalized spacial score (nSPS) is 12.0. The molecule has 0 unspecified atom stereocenters. The van der Waals surface area contributed by atoms with Gasteiger partial charge in [0.05, 0.1) is 40.1 Å². The number of esters is 1. The first-order valence-corrected chi connectivity index (χ1v) is 14.0. The van der Waals surface area contributed by atoms with Crippen LogP contribution in [0.5, 0.6) is 0 Å². The molecule has 0 saturated heterocycles. The smallest absolute Gasteiger partial charge is 0.337 e. The van der Waals surface area contributed by atoms with E-state index >= 15 is 0 Å². The van der Waals surface area contributed by atoms with Gasteiger partial charge < -0.3 is 14.0 Å². The highest BCUT2D eigenvalue weighted by atomic mass is 32.2. The predicted octanol–water partition coefficient (Wildman–Crippen LogP) is 4.09. The summed E-state index contributed by atoms with van der Waals surface area (Å²) in [4.78, 5) is 29.9. The molecule has 1 amide bonds. The third kappa shape index (κ3) is 5.54. The second-order valence-corrected chi connectivity index (χ2v) is 11.0. The van der Waals surface area contributed by atoms with Crippen LogP contribution in [0.15, 0.2) is 82.7 Å². The van der Waals surface area contributed by atoms with Crippen LogP contribution in [0.1, 0.15) is 27.6 Å². The van der Waals surface area contributed by atoms with Gasteiger partial charge in [-0.25, -0.2) is 13.2 Å². The molecule has 0 N–H and O–H groups in total. The van der Waals surface area contributed by atoms with Gasteiger partial charge >= 0.3 is 5.97 Å². The molecular formula is C27H27N3O6S2. The number of methoxy groups -OCH3 is 2. The molecule has 1 aromatic heterocycles. The first kappa shape index (κ1) is 27.2.